The van der Waals surface area contributed by atoms with Crippen LogP contribution in [0, 0.1) is 11.3 Å². The second-order valence-corrected chi connectivity index (χ2v) is 14.9. The Morgan fingerprint density at radius 3 is 2.30 bits per heavy atom. The number of carboxylic acid groups (broad SMARTS) is 1. The molecule has 2 saturated carbocycles. The smallest absolute Gasteiger partial charge is 0.304 e. The van der Waals surface area contributed by atoms with Gasteiger partial charge in [0.05, 0.1) is 23.1 Å². The summed E-state index contributed by atoms with van der Waals surface area (Å²) in [5.74, 6) is -1.37. The van der Waals surface area contributed by atoms with Crippen molar-refractivity contribution in [2.24, 2.45) is 11.3 Å². The molecule has 2 aromatic carbocycles. The molecule has 7 nitrogen and oxygen atoms in total. The number of hydrogen-bond donors (Lipinski definition) is 1. The van der Waals surface area contributed by atoms with Crippen molar-refractivity contribution >= 4 is 45.1 Å². The SMILES string of the molecule is CC[C@]1(CC(=O)O)C[C@H](c2cccc(Cl)c2)C(c2ccc(Cl)cc2)N(C(CN(C)S(=O)(=O)C2CC2)C2CC2)C1=O. The van der Waals surface area contributed by atoms with Crippen LogP contribution >= 0.6 is 23.2 Å². The van der Waals surface area contributed by atoms with Crippen LogP contribution in [0.5, 0.6) is 0 Å². The predicted octanol–water partition coefficient (Wildman–Crippen LogP) is 6.12. The van der Waals surface area contributed by atoms with E-state index in [1.807, 2.05) is 42.2 Å². The van der Waals surface area contributed by atoms with E-state index >= 15 is 0 Å². The van der Waals surface area contributed by atoms with Gasteiger partial charge in [0.1, 0.15) is 0 Å². The van der Waals surface area contributed by atoms with Crippen LogP contribution in [0.4, 0.5) is 0 Å². The van der Waals surface area contributed by atoms with E-state index in [2.05, 4.69) is 0 Å². The predicted molar refractivity (Wildman–Crippen MR) is 156 cm³/mol. The summed E-state index contributed by atoms with van der Waals surface area (Å²) in [5, 5.41) is 10.7. The molecule has 1 aliphatic heterocycles. The lowest BCUT2D eigenvalue weighted by molar-refractivity contribution is -0.163. The van der Waals surface area contributed by atoms with E-state index in [0.29, 0.717) is 35.7 Å². The lowest BCUT2D eigenvalue weighted by Crippen LogP contribution is -2.59. The maximum absolute atomic E-state index is 14.7. The van der Waals surface area contributed by atoms with Crippen LogP contribution in [0.1, 0.15) is 75.0 Å². The molecular weight excluding hydrogens is 571 g/mol. The van der Waals surface area contributed by atoms with Gasteiger partial charge in [-0.2, -0.15) is 0 Å². The van der Waals surface area contributed by atoms with Gasteiger partial charge in [0.15, 0.2) is 0 Å². The van der Waals surface area contributed by atoms with E-state index in [0.717, 1.165) is 24.0 Å². The third-order valence-corrected chi connectivity index (χ3v) is 11.8. The van der Waals surface area contributed by atoms with Gasteiger partial charge >= 0.3 is 5.97 Å². The fraction of sp³-hybridized carbons (Fsp3) is 0.533. The minimum absolute atomic E-state index is 0.132. The number of halogens is 2. The zero-order valence-corrected chi connectivity index (χ0v) is 25.1. The molecule has 5 rings (SSSR count). The van der Waals surface area contributed by atoms with Crippen molar-refractivity contribution in [3.63, 3.8) is 0 Å². The van der Waals surface area contributed by atoms with Crippen molar-refractivity contribution in [2.45, 2.75) is 75.1 Å². The highest BCUT2D eigenvalue weighted by Crippen LogP contribution is 2.55. The molecule has 2 aromatic rings. The summed E-state index contributed by atoms with van der Waals surface area (Å²) in [6.07, 6.45) is 3.49. The molecule has 1 heterocycles. The first kappa shape index (κ1) is 29.4. The Balaban J connectivity index is 1.67. The van der Waals surface area contributed by atoms with Gasteiger partial charge in [-0.25, -0.2) is 12.7 Å². The van der Waals surface area contributed by atoms with E-state index in [1.54, 1.807) is 25.2 Å². The summed E-state index contributed by atoms with van der Waals surface area (Å²) < 4.78 is 27.8. The van der Waals surface area contributed by atoms with Gasteiger partial charge in [-0.05, 0) is 79.8 Å². The average molecular weight is 608 g/mol. The Hall–Kier alpha value is -2.13. The molecule has 10 heteroatoms. The first-order valence-electron chi connectivity index (χ1n) is 14.0. The van der Waals surface area contributed by atoms with Gasteiger partial charge in [-0.1, -0.05) is 54.4 Å². The maximum atomic E-state index is 14.7. The summed E-state index contributed by atoms with van der Waals surface area (Å²) in [6.45, 7) is 2.04. The van der Waals surface area contributed by atoms with E-state index < -0.39 is 33.5 Å². The van der Waals surface area contributed by atoms with Crippen molar-refractivity contribution < 1.29 is 23.1 Å². The Labute approximate surface area is 246 Å². The Morgan fingerprint density at radius 2 is 1.75 bits per heavy atom. The molecule has 4 atom stereocenters. The number of carboxylic acids is 1. The summed E-state index contributed by atoms with van der Waals surface area (Å²) in [4.78, 5) is 28.7. The minimum atomic E-state index is -3.47. The number of aliphatic carboxylic acids is 1. The molecule has 0 spiro atoms. The fourth-order valence-electron chi connectivity index (χ4n) is 6.45. The first-order chi connectivity index (χ1) is 19.0. The van der Waals surface area contributed by atoms with Crippen LogP contribution < -0.4 is 0 Å². The van der Waals surface area contributed by atoms with Crippen molar-refractivity contribution in [1.29, 1.82) is 0 Å². The number of carbonyl (C=O) groups excluding carboxylic acids is 1. The van der Waals surface area contributed by atoms with Gasteiger partial charge in [0, 0.05) is 35.6 Å². The minimum Gasteiger partial charge on any atom is -0.481 e. The monoisotopic (exact) mass is 606 g/mol. The van der Waals surface area contributed by atoms with Crippen LogP contribution in [0.3, 0.4) is 0 Å². The van der Waals surface area contributed by atoms with E-state index in [-0.39, 0.29) is 36.0 Å². The highest BCUT2D eigenvalue weighted by molar-refractivity contribution is 7.90. The molecule has 1 amide bonds. The highest BCUT2D eigenvalue weighted by atomic mass is 35.5. The molecule has 2 aliphatic carbocycles. The third-order valence-electron chi connectivity index (χ3n) is 8.98. The molecule has 3 fully saturated rings. The molecule has 3 aliphatic rings. The molecule has 0 radical (unpaired) electrons. The molecule has 1 saturated heterocycles. The second-order valence-electron chi connectivity index (χ2n) is 11.7. The van der Waals surface area contributed by atoms with Crippen molar-refractivity contribution in [2.75, 3.05) is 13.6 Å². The van der Waals surface area contributed by atoms with Crippen LogP contribution in [0.2, 0.25) is 10.0 Å². The van der Waals surface area contributed by atoms with Crippen LogP contribution in [-0.2, 0) is 19.6 Å². The zero-order chi connectivity index (χ0) is 28.8. The number of hydrogen-bond acceptors (Lipinski definition) is 4. The summed E-state index contributed by atoms with van der Waals surface area (Å²) in [6, 6.07) is 14.1. The van der Waals surface area contributed by atoms with E-state index in [4.69, 9.17) is 23.2 Å². The van der Waals surface area contributed by atoms with Gasteiger partial charge in [-0.15, -0.1) is 0 Å². The number of nitrogens with zero attached hydrogens (tertiary/aromatic N) is 2. The summed E-state index contributed by atoms with van der Waals surface area (Å²) in [7, 11) is -1.86. The quantitative estimate of drug-likeness (QED) is 0.332. The average Bonchev–Trinajstić information content (AvgIpc) is 3.82. The lowest BCUT2D eigenvalue weighted by Gasteiger charge is -2.53. The molecule has 2 unspecified atom stereocenters. The highest BCUT2D eigenvalue weighted by Gasteiger charge is 2.56. The largest absolute Gasteiger partial charge is 0.481 e. The van der Waals surface area contributed by atoms with Gasteiger partial charge in [0.25, 0.3) is 0 Å². The number of amides is 1. The number of benzene rings is 2. The summed E-state index contributed by atoms with van der Waals surface area (Å²) in [5.41, 5.74) is 0.658. The van der Waals surface area contributed by atoms with Crippen LogP contribution in [0.15, 0.2) is 48.5 Å². The Bertz CT molecular complexity index is 1380. The topological polar surface area (TPSA) is 95.0 Å². The number of piperidine rings is 1. The number of carbonyl (C=O) groups is 2. The molecule has 216 valence electrons. The maximum Gasteiger partial charge on any atom is 0.304 e. The van der Waals surface area contributed by atoms with Crippen molar-refractivity contribution in [3.8, 4) is 0 Å². The third kappa shape index (κ3) is 5.78. The molecular formula is C30H36Cl2N2O5S. The normalized spacial score (nSPS) is 26.2. The van der Waals surface area contributed by atoms with Gasteiger partial charge < -0.3 is 10.0 Å². The molecule has 40 heavy (non-hydrogen) atoms. The van der Waals surface area contributed by atoms with E-state index in [9.17, 15) is 23.1 Å². The second kappa shape index (κ2) is 11.3. The first-order valence-corrected chi connectivity index (χ1v) is 16.2. The Kier molecular flexibility index (Phi) is 8.28. The standard InChI is InChI=1S/C30H36Cl2N2O5S/c1-3-30(17-27(35)36)16-25(21-5-4-6-23(32)15-21)28(20-9-11-22(31)12-10-20)34(29(30)37)26(19-7-8-19)18-33(2)40(38,39)24-13-14-24/h4-6,9-12,15,19,24-26,28H,3,7-8,13-14,16-18H2,1-2H3,(H,35,36)/t25-,26?,28?,30-/m1/s1. The zero-order valence-electron chi connectivity index (χ0n) is 22.8. The lowest BCUT2D eigenvalue weighted by atomic mass is 9.64. The molecule has 0 aromatic heterocycles. The van der Waals surface area contributed by atoms with Crippen LogP contribution in [-0.4, -0.2) is 59.5 Å². The molecule has 1 N–H and O–H groups in total. The number of sulfonamides is 1. The Morgan fingerprint density at radius 1 is 1.07 bits per heavy atom. The molecule has 0 bridgehead atoms. The van der Waals surface area contributed by atoms with Crippen LogP contribution in [0.25, 0.3) is 0 Å². The number of likely N-dealkylation sites (N-methyl/N-ethyl adjacent to an activating group) is 1. The summed E-state index contributed by atoms with van der Waals surface area (Å²) >= 11 is 12.7. The fourth-order valence-corrected chi connectivity index (χ4v) is 8.38. The van der Waals surface area contributed by atoms with Crippen molar-refractivity contribution in [1.82, 2.24) is 9.21 Å². The number of rotatable bonds is 11. The van der Waals surface area contributed by atoms with Gasteiger partial charge in [0.2, 0.25) is 15.9 Å². The van der Waals surface area contributed by atoms with E-state index in [1.165, 1.54) is 4.31 Å². The number of likely N-dealkylation sites (tertiary alicyclic amines) is 1. The van der Waals surface area contributed by atoms with Crippen molar-refractivity contribution in [3.05, 3.63) is 69.7 Å². The van der Waals surface area contributed by atoms with Gasteiger partial charge in [-0.3, -0.25) is 9.59 Å².